The molecular weight excluding hydrogens is 356 g/mol. The molecule has 3 aromatic rings. The molecule has 7 nitrogen and oxygen atoms in total. The Morgan fingerprint density at radius 2 is 1.88 bits per heavy atom. The summed E-state index contributed by atoms with van der Waals surface area (Å²) in [6.45, 7) is 0. The Morgan fingerprint density at radius 3 is 2.58 bits per heavy atom. The molecule has 0 saturated heterocycles. The number of alkyl halides is 3. The summed E-state index contributed by atoms with van der Waals surface area (Å²) in [5.74, 6) is -0.549. The number of nitrogens with zero attached hydrogens (tertiary/aromatic N) is 3. The number of aromatic amines is 1. The number of carbonyl (C=O) groups excluding carboxylic acids is 1. The summed E-state index contributed by atoms with van der Waals surface area (Å²) in [6, 6.07) is 6.80. The first-order valence-electron chi connectivity index (χ1n) is 7.11. The second-order valence-electron chi connectivity index (χ2n) is 5.08. The Balaban J connectivity index is 1.79. The van der Waals surface area contributed by atoms with Crippen molar-refractivity contribution in [3.8, 4) is 11.4 Å². The van der Waals surface area contributed by atoms with Crippen LogP contribution >= 0.6 is 0 Å². The van der Waals surface area contributed by atoms with Crippen LogP contribution < -0.4 is 10.6 Å². The van der Waals surface area contributed by atoms with Gasteiger partial charge < -0.3 is 10.6 Å². The number of amides is 2. The molecule has 0 spiro atoms. The molecule has 1 heterocycles. The highest BCUT2D eigenvalue weighted by atomic mass is 19.4. The van der Waals surface area contributed by atoms with Gasteiger partial charge in [-0.2, -0.15) is 18.4 Å². The van der Waals surface area contributed by atoms with E-state index in [1.165, 1.54) is 18.2 Å². The maximum Gasteiger partial charge on any atom is 0.416 e. The van der Waals surface area contributed by atoms with Crippen LogP contribution in [0.4, 0.5) is 33.7 Å². The summed E-state index contributed by atoms with van der Waals surface area (Å²) in [6.07, 6.45) is -4.53. The molecule has 3 rings (SSSR count). The van der Waals surface area contributed by atoms with Crippen molar-refractivity contribution in [3.05, 3.63) is 53.8 Å². The average molecular weight is 366 g/mol. The van der Waals surface area contributed by atoms with E-state index in [0.29, 0.717) is 0 Å². The van der Waals surface area contributed by atoms with Crippen LogP contribution in [-0.4, -0.2) is 26.7 Å². The predicted molar refractivity (Wildman–Crippen MR) is 83.7 cm³/mol. The van der Waals surface area contributed by atoms with Gasteiger partial charge in [0.25, 0.3) is 0 Å². The highest BCUT2D eigenvalue weighted by Gasteiger charge is 2.30. The van der Waals surface area contributed by atoms with E-state index in [1.807, 2.05) is 0 Å². The number of nitrogens with one attached hydrogen (secondary N) is 3. The van der Waals surface area contributed by atoms with E-state index in [2.05, 4.69) is 31.3 Å². The molecule has 0 unspecified atom stereocenters. The smallest absolute Gasteiger partial charge is 0.308 e. The summed E-state index contributed by atoms with van der Waals surface area (Å²) in [4.78, 5) is 12.1. The minimum absolute atomic E-state index is 0.0406. The van der Waals surface area contributed by atoms with E-state index < -0.39 is 23.6 Å². The predicted octanol–water partition coefficient (Wildman–Crippen LogP) is 3.67. The monoisotopic (exact) mass is 366 g/mol. The summed E-state index contributed by atoms with van der Waals surface area (Å²) in [7, 11) is 0. The molecule has 0 fully saturated rings. The molecular formula is C15H10F4N6O. The number of rotatable bonds is 3. The summed E-state index contributed by atoms with van der Waals surface area (Å²) in [5, 5.41) is 17.7. The zero-order valence-electron chi connectivity index (χ0n) is 12.8. The number of hydrogen-bond donors (Lipinski definition) is 3. The molecule has 11 heteroatoms. The van der Waals surface area contributed by atoms with Crippen molar-refractivity contribution >= 4 is 17.4 Å². The molecule has 0 saturated carbocycles. The molecule has 0 atom stereocenters. The highest BCUT2D eigenvalue weighted by molar-refractivity contribution is 6.02. The van der Waals surface area contributed by atoms with Crippen LogP contribution in [0.15, 0.2) is 42.5 Å². The third-order valence-corrected chi connectivity index (χ3v) is 3.26. The summed E-state index contributed by atoms with van der Waals surface area (Å²) < 4.78 is 51.6. The molecule has 26 heavy (non-hydrogen) atoms. The molecule has 134 valence electrons. The van der Waals surface area contributed by atoms with Crippen molar-refractivity contribution in [2.45, 2.75) is 6.18 Å². The van der Waals surface area contributed by atoms with Crippen molar-refractivity contribution in [2.24, 2.45) is 0 Å². The molecule has 0 aliphatic heterocycles. The number of aromatic nitrogens is 4. The third-order valence-electron chi connectivity index (χ3n) is 3.26. The number of benzene rings is 2. The summed E-state index contributed by atoms with van der Waals surface area (Å²) >= 11 is 0. The molecule has 1 aromatic heterocycles. The molecule has 3 N–H and O–H groups in total. The number of hydrogen-bond acceptors (Lipinski definition) is 4. The largest absolute Gasteiger partial charge is 0.416 e. The lowest BCUT2D eigenvalue weighted by Crippen LogP contribution is -2.20. The Morgan fingerprint density at radius 1 is 1.08 bits per heavy atom. The Kier molecular flexibility index (Phi) is 4.52. The van der Waals surface area contributed by atoms with E-state index >= 15 is 0 Å². The standard InChI is InChI=1S/C15H10F4N6O/c16-9-4-5-12(11(7-9)13-22-24-25-23-13)21-14(26)20-10-3-1-2-8(6-10)15(17,18)19/h1-7H,(H2,20,21,26)(H,22,23,24,25). The van der Waals surface area contributed by atoms with Crippen molar-refractivity contribution in [1.82, 2.24) is 20.6 Å². The lowest BCUT2D eigenvalue weighted by Gasteiger charge is -2.12. The van der Waals surface area contributed by atoms with Crippen LogP contribution in [0, 0.1) is 5.82 Å². The Labute approximate surface area is 143 Å². The third kappa shape index (κ3) is 3.94. The first-order chi connectivity index (χ1) is 12.3. The van der Waals surface area contributed by atoms with E-state index in [0.717, 1.165) is 24.3 Å². The molecule has 2 aromatic carbocycles. The van der Waals surface area contributed by atoms with Gasteiger partial charge in [-0.1, -0.05) is 6.07 Å². The number of anilines is 2. The number of carbonyl (C=O) groups is 1. The first kappa shape index (κ1) is 17.3. The van der Waals surface area contributed by atoms with E-state index in [9.17, 15) is 22.4 Å². The van der Waals surface area contributed by atoms with Gasteiger partial charge in [0.1, 0.15) is 5.82 Å². The number of halogens is 4. The van der Waals surface area contributed by atoms with Gasteiger partial charge in [-0.15, -0.1) is 10.2 Å². The number of H-pyrrole nitrogens is 1. The van der Waals surface area contributed by atoms with Crippen molar-refractivity contribution in [1.29, 1.82) is 0 Å². The Hall–Kier alpha value is -3.50. The van der Waals surface area contributed by atoms with Crippen LogP contribution in [0.3, 0.4) is 0 Å². The van der Waals surface area contributed by atoms with Crippen molar-refractivity contribution in [2.75, 3.05) is 10.6 Å². The fourth-order valence-corrected chi connectivity index (χ4v) is 2.14. The summed E-state index contributed by atoms with van der Waals surface area (Å²) in [5.41, 5.74) is -0.652. The highest BCUT2D eigenvalue weighted by Crippen LogP contribution is 2.31. The van der Waals surface area contributed by atoms with Crippen LogP contribution in [0.25, 0.3) is 11.4 Å². The fourth-order valence-electron chi connectivity index (χ4n) is 2.14. The van der Waals surface area contributed by atoms with Crippen LogP contribution in [0.5, 0.6) is 0 Å². The quantitative estimate of drug-likeness (QED) is 0.617. The first-order valence-corrected chi connectivity index (χ1v) is 7.11. The van der Waals surface area contributed by atoms with Gasteiger partial charge in [0, 0.05) is 11.3 Å². The molecule has 2 amide bonds. The van der Waals surface area contributed by atoms with Crippen LogP contribution in [0.1, 0.15) is 5.56 Å². The maximum absolute atomic E-state index is 13.5. The lowest BCUT2D eigenvalue weighted by molar-refractivity contribution is -0.137. The number of urea groups is 1. The minimum Gasteiger partial charge on any atom is -0.308 e. The molecule has 0 bridgehead atoms. The van der Waals surface area contributed by atoms with Gasteiger partial charge >= 0.3 is 12.2 Å². The van der Waals surface area contributed by atoms with Crippen LogP contribution in [-0.2, 0) is 6.18 Å². The molecule has 0 radical (unpaired) electrons. The van der Waals surface area contributed by atoms with Gasteiger partial charge in [0.2, 0.25) is 5.82 Å². The zero-order chi connectivity index (χ0) is 18.7. The second kappa shape index (κ2) is 6.78. The van der Waals surface area contributed by atoms with Crippen molar-refractivity contribution < 1.29 is 22.4 Å². The molecule has 0 aliphatic rings. The van der Waals surface area contributed by atoms with Gasteiger partial charge in [-0.25, -0.2) is 9.18 Å². The van der Waals surface area contributed by atoms with Gasteiger partial charge in [-0.3, -0.25) is 0 Å². The van der Waals surface area contributed by atoms with E-state index in [4.69, 9.17) is 0 Å². The van der Waals surface area contributed by atoms with Crippen LogP contribution in [0.2, 0.25) is 0 Å². The zero-order valence-corrected chi connectivity index (χ0v) is 12.8. The average Bonchev–Trinajstić information content (AvgIpc) is 3.10. The maximum atomic E-state index is 13.5. The van der Waals surface area contributed by atoms with Gasteiger partial charge in [0.15, 0.2) is 0 Å². The second-order valence-corrected chi connectivity index (χ2v) is 5.08. The SMILES string of the molecule is O=C(Nc1cccc(C(F)(F)F)c1)Nc1ccc(F)cc1-c1nn[nH]n1. The topological polar surface area (TPSA) is 95.6 Å². The van der Waals surface area contributed by atoms with Gasteiger partial charge in [0.05, 0.1) is 11.3 Å². The van der Waals surface area contributed by atoms with E-state index in [-0.39, 0.29) is 22.8 Å². The van der Waals surface area contributed by atoms with Gasteiger partial charge in [-0.05, 0) is 41.6 Å². The van der Waals surface area contributed by atoms with Crippen molar-refractivity contribution in [3.63, 3.8) is 0 Å². The lowest BCUT2D eigenvalue weighted by atomic mass is 10.1. The Bertz CT molecular complexity index is 926. The normalized spacial score (nSPS) is 11.2. The number of tetrazole rings is 1. The fraction of sp³-hybridized carbons (Fsp3) is 0.0667. The molecule has 0 aliphatic carbocycles. The minimum atomic E-state index is -4.53. The van der Waals surface area contributed by atoms with E-state index in [1.54, 1.807) is 0 Å².